The van der Waals surface area contributed by atoms with Gasteiger partial charge >= 0.3 is 17.9 Å². The number of ether oxygens (including phenoxy) is 3. The zero-order valence-electron chi connectivity index (χ0n) is 32.4. The first-order chi connectivity index (χ1) is 23.4. The highest BCUT2D eigenvalue weighted by Crippen LogP contribution is 2.16. The Balaban J connectivity index is 4.19. The number of hydrogen-bond acceptors (Lipinski definition) is 6. The van der Waals surface area contributed by atoms with Crippen LogP contribution in [0.15, 0.2) is 0 Å². The van der Waals surface area contributed by atoms with E-state index in [1.165, 1.54) is 116 Å². The Kier molecular flexibility index (Phi) is 35.5. The van der Waals surface area contributed by atoms with Crippen LogP contribution in [0.25, 0.3) is 0 Å². The number of carbonyl (C=O) groups excluding carboxylic acids is 3. The van der Waals surface area contributed by atoms with Crippen LogP contribution in [0.3, 0.4) is 0 Å². The van der Waals surface area contributed by atoms with E-state index in [0.717, 1.165) is 70.1 Å². The van der Waals surface area contributed by atoms with Gasteiger partial charge in [0.05, 0.1) is 0 Å². The number of rotatable bonds is 37. The Labute approximate surface area is 298 Å². The topological polar surface area (TPSA) is 78.9 Å². The third-order valence-corrected chi connectivity index (χ3v) is 9.29. The summed E-state index contributed by atoms with van der Waals surface area (Å²) in [6.45, 7) is 8.89. The minimum absolute atomic E-state index is 0.0654. The van der Waals surface area contributed by atoms with Crippen molar-refractivity contribution >= 4 is 17.9 Å². The van der Waals surface area contributed by atoms with Gasteiger partial charge in [-0.3, -0.25) is 14.4 Å². The van der Waals surface area contributed by atoms with Gasteiger partial charge in [0.2, 0.25) is 0 Å². The van der Waals surface area contributed by atoms with Crippen LogP contribution in [0, 0.1) is 5.92 Å². The van der Waals surface area contributed by atoms with E-state index in [9.17, 15) is 14.4 Å². The smallest absolute Gasteiger partial charge is 0.306 e. The predicted molar refractivity (Wildman–Crippen MR) is 201 cm³/mol. The monoisotopic (exact) mass is 681 g/mol. The molecular formula is C42H80O6. The lowest BCUT2D eigenvalue weighted by Crippen LogP contribution is -2.30. The van der Waals surface area contributed by atoms with E-state index in [0.29, 0.717) is 19.3 Å². The van der Waals surface area contributed by atoms with Crippen molar-refractivity contribution in [3.8, 4) is 0 Å². The molecule has 0 bridgehead atoms. The molecule has 0 aliphatic carbocycles. The van der Waals surface area contributed by atoms with Gasteiger partial charge in [-0.2, -0.15) is 0 Å². The van der Waals surface area contributed by atoms with Crippen molar-refractivity contribution in [2.24, 2.45) is 5.92 Å². The van der Waals surface area contributed by atoms with Gasteiger partial charge in [0.15, 0.2) is 6.10 Å². The number of unbranched alkanes of at least 4 members (excludes halogenated alkanes) is 24. The summed E-state index contributed by atoms with van der Waals surface area (Å²) >= 11 is 0. The van der Waals surface area contributed by atoms with E-state index in [1.807, 2.05) is 0 Å². The fourth-order valence-corrected chi connectivity index (χ4v) is 6.10. The Hall–Kier alpha value is -1.59. The summed E-state index contributed by atoms with van der Waals surface area (Å²) < 4.78 is 16.5. The Morgan fingerprint density at radius 1 is 0.396 bits per heavy atom. The van der Waals surface area contributed by atoms with Crippen LogP contribution in [0.4, 0.5) is 0 Å². The molecule has 0 radical (unpaired) electrons. The zero-order valence-corrected chi connectivity index (χ0v) is 32.4. The summed E-state index contributed by atoms with van der Waals surface area (Å²) in [6.07, 6.45) is 34.0. The second-order valence-electron chi connectivity index (χ2n) is 14.7. The van der Waals surface area contributed by atoms with Gasteiger partial charge < -0.3 is 14.2 Å². The maximum absolute atomic E-state index is 12.6. The Morgan fingerprint density at radius 2 is 0.688 bits per heavy atom. The largest absolute Gasteiger partial charge is 0.462 e. The number of hydrogen-bond donors (Lipinski definition) is 0. The summed E-state index contributed by atoms with van der Waals surface area (Å²) in [5.74, 6) is -0.0409. The van der Waals surface area contributed by atoms with Gasteiger partial charge in [-0.1, -0.05) is 188 Å². The van der Waals surface area contributed by atoms with E-state index in [-0.39, 0.29) is 31.1 Å². The van der Waals surface area contributed by atoms with Crippen LogP contribution in [-0.4, -0.2) is 37.2 Å². The molecule has 0 rings (SSSR count). The predicted octanol–water partition coefficient (Wildman–Crippen LogP) is 12.8. The molecule has 0 aliphatic heterocycles. The molecule has 0 saturated carbocycles. The third kappa shape index (κ3) is 35.7. The molecule has 0 N–H and O–H groups in total. The van der Waals surface area contributed by atoms with Crippen LogP contribution in [0.2, 0.25) is 0 Å². The van der Waals surface area contributed by atoms with Gasteiger partial charge in [0.25, 0.3) is 0 Å². The van der Waals surface area contributed by atoms with Crippen molar-refractivity contribution in [1.82, 2.24) is 0 Å². The van der Waals surface area contributed by atoms with E-state index < -0.39 is 6.10 Å². The van der Waals surface area contributed by atoms with Crippen LogP contribution >= 0.6 is 0 Å². The molecule has 0 aliphatic rings. The number of carbonyl (C=O) groups is 3. The number of esters is 3. The Morgan fingerprint density at radius 3 is 1.02 bits per heavy atom. The third-order valence-electron chi connectivity index (χ3n) is 9.29. The molecule has 0 fully saturated rings. The maximum atomic E-state index is 12.6. The molecule has 0 aromatic carbocycles. The highest BCUT2D eigenvalue weighted by molar-refractivity contribution is 5.71. The summed E-state index contributed by atoms with van der Waals surface area (Å²) in [4.78, 5) is 37.3. The fourth-order valence-electron chi connectivity index (χ4n) is 6.10. The van der Waals surface area contributed by atoms with Gasteiger partial charge in [-0.15, -0.1) is 0 Å². The minimum atomic E-state index is -0.756. The van der Waals surface area contributed by atoms with Crippen LogP contribution in [0.1, 0.15) is 227 Å². The first kappa shape index (κ1) is 46.4. The first-order valence-corrected chi connectivity index (χ1v) is 20.9. The highest BCUT2D eigenvalue weighted by atomic mass is 16.6. The summed E-state index contributed by atoms with van der Waals surface area (Å²) in [7, 11) is 0. The van der Waals surface area contributed by atoms with E-state index in [4.69, 9.17) is 14.2 Å². The molecule has 0 aromatic rings. The lowest BCUT2D eigenvalue weighted by atomic mass is 10.0. The normalized spacial score (nSPS) is 11.9. The molecule has 6 nitrogen and oxygen atoms in total. The second-order valence-corrected chi connectivity index (χ2v) is 14.7. The molecule has 0 aromatic heterocycles. The van der Waals surface area contributed by atoms with Crippen LogP contribution in [0.5, 0.6) is 0 Å². The first-order valence-electron chi connectivity index (χ1n) is 20.9. The summed E-state index contributed by atoms with van der Waals surface area (Å²) in [6, 6.07) is 0. The van der Waals surface area contributed by atoms with Crippen molar-refractivity contribution in [2.75, 3.05) is 13.2 Å². The molecule has 0 amide bonds. The molecule has 48 heavy (non-hydrogen) atoms. The quantitative estimate of drug-likeness (QED) is 0.0369. The van der Waals surface area contributed by atoms with E-state index >= 15 is 0 Å². The lowest BCUT2D eigenvalue weighted by molar-refractivity contribution is -0.167. The average Bonchev–Trinajstić information content (AvgIpc) is 3.06. The molecular weight excluding hydrogens is 600 g/mol. The molecule has 6 heteroatoms. The molecule has 0 unspecified atom stereocenters. The molecule has 0 spiro atoms. The van der Waals surface area contributed by atoms with Crippen molar-refractivity contribution in [2.45, 2.75) is 233 Å². The zero-order chi connectivity index (χ0) is 35.3. The van der Waals surface area contributed by atoms with E-state index in [1.54, 1.807) is 0 Å². The van der Waals surface area contributed by atoms with Gasteiger partial charge in [0.1, 0.15) is 13.2 Å². The highest BCUT2D eigenvalue weighted by Gasteiger charge is 2.19. The van der Waals surface area contributed by atoms with Gasteiger partial charge in [-0.25, -0.2) is 0 Å². The van der Waals surface area contributed by atoms with Crippen LogP contribution < -0.4 is 0 Å². The minimum Gasteiger partial charge on any atom is -0.462 e. The molecule has 0 heterocycles. The second kappa shape index (κ2) is 36.7. The SMILES string of the molecule is CCCCCCCCCCCCC(=O)O[C@H](COC(=O)CCCCCCC)COC(=O)CCCCCCCCCCCCCCC(C)C. The Bertz CT molecular complexity index is 721. The van der Waals surface area contributed by atoms with Crippen molar-refractivity contribution in [3.63, 3.8) is 0 Å². The maximum Gasteiger partial charge on any atom is 0.306 e. The van der Waals surface area contributed by atoms with Crippen LogP contribution in [-0.2, 0) is 28.6 Å². The van der Waals surface area contributed by atoms with Crippen molar-refractivity contribution < 1.29 is 28.6 Å². The van der Waals surface area contributed by atoms with Crippen molar-refractivity contribution in [3.05, 3.63) is 0 Å². The summed E-state index contributed by atoms with van der Waals surface area (Å²) in [5, 5.41) is 0. The van der Waals surface area contributed by atoms with Gasteiger partial charge in [-0.05, 0) is 25.2 Å². The molecule has 1 atom stereocenters. The summed E-state index contributed by atoms with van der Waals surface area (Å²) in [5.41, 5.74) is 0. The standard InChI is InChI=1S/C42H80O6/c1-5-7-9-11-12-13-19-23-27-31-35-42(45)48-39(36-46-40(43)33-29-24-10-8-6-2)37-47-41(44)34-30-26-22-20-17-15-14-16-18-21-25-28-32-38(3)4/h38-39H,5-37H2,1-4H3/t39-/m1/s1. The average molecular weight is 681 g/mol. The molecule has 0 saturated heterocycles. The van der Waals surface area contributed by atoms with Gasteiger partial charge in [0, 0.05) is 19.3 Å². The molecule has 284 valence electrons. The lowest BCUT2D eigenvalue weighted by Gasteiger charge is -2.18. The van der Waals surface area contributed by atoms with Crippen molar-refractivity contribution in [1.29, 1.82) is 0 Å². The van der Waals surface area contributed by atoms with E-state index in [2.05, 4.69) is 27.7 Å². The fraction of sp³-hybridized carbons (Fsp3) is 0.929.